The van der Waals surface area contributed by atoms with Gasteiger partial charge in [-0.15, -0.1) is 0 Å². The van der Waals surface area contributed by atoms with E-state index in [2.05, 4.69) is 5.32 Å². The van der Waals surface area contributed by atoms with Gasteiger partial charge in [0.2, 0.25) is 0 Å². The largest absolute Gasteiger partial charge is 0.493 e. The lowest BCUT2D eigenvalue weighted by atomic mass is 10.0. The van der Waals surface area contributed by atoms with Crippen molar-refractivity contribution in [2.45, 2.75) is 37.8 Å². The number of methoxy groups -OCH3 is 2. The predicted molar refractivity (Wildman–Crippen MR) is 75.3 cm³/mol. The second-order valence-corrected chi connectivity index (χ2v) is 5.03. The number of aliphatic carboxylic acids is 1. The fraction of sp³-hybridized carbons (Fsp3) is 0.533. The van der Waals surface area contributed by atoms with E-state index in [0.29, 0.717) is 17.1 Å². The predicted octanol–water partition coefficient (Wildman–Crippen LogP) is 2.36. The van der Waals surface area contributed by atoms with Gasteiger partial charge in [0.1, 0.15) is 6.04 Å². The van der Waals surface area contributed by atoms with Crippen LogP contribution in [0.1, 0.15) is 37.3 Å². The highest BCUT2D eigenvalue weighted by Crippen LogP contribution is 2.31. The van der Waals surface area contributed by atoms with Gasteiger partial charge >= 0.3 is 5.97 Å². The van der Waals surface area contributed by atoms with Crippen molar-refractivity contribution >= 4 is 5.97 Å². The standard InChI is InChI=1S/C15H21NO4/c1-19-12-8-7-10(9-13(12)20-2)14(15(17)18)16-11-5-3-4-6-11/h7-9,11,14,16H,3-6H2,1-2H3,(H,17,18). The van der Waals surface area contributed by atoms with Crippen LogP contribution >= 0.6 is 0 Å². The SMILES string of the molecule is COc1ccc(C(NC2CCCC2)C(=O)O)cc1OC. The van der Waals surface area contributed by atoms with E-state index in [1.165, 1.54) is 0 Å². The molecule has 0 amide bonds. The Balaban J connectivity index is 2.22. The fourth-order valence-electron chi connectivity index (χ4n) is 2.67. The van der Waals surface area contributed by atoms with Crippen LogP contribution in [0.3, 0.4) is 0 Å². The average Bonchev–Trinajstić information content (AvgIpc) is 2.96. The molecule has 2 N–H and O–H groups in total. The molecular formula is C15H21NO4. The summed E-state index contributed by atoms with van der Waals surface area (Å²) in [6.07, 6.45) is 4.40. The summed E-state index contributed by atoms with van der Waals surface area (Å²) in [6.45, 7) is 0. The van der Waals surface area contributed by atoms with Crippen LogP contribution in [-0.4, -0.2) is 31.3 Å². The molecule has 1 atom stereocenters. The van der Waals surface area contributed by atoms with Gasteiger partial charge in [0.15, 0.2) is 11.5 Å². The van der Waals surface area contributed by atoms with E-state index in [1.54, 1.807) is 32.4 Å². The molecular weight excluding hydrogens is 258 g/mol. The van der Waals surface area contributed by atoms with Gasteiger partial charge in [0, 0.05) is 6.04 Å². The van der Waals surface area contributed by atoms with Crippen LogP contribution in [-0.2, 0) is 4.79 Å². The van der Waals surface area contributed by atoms with Gasteiger partial charge in [-0.2, -0.15) is 0 Å². The van der Waals surface area contributed by atoms with Gasteiger partial charge in [-0.25, -0.2) is 0 Å². The highest BCUT2D eigenvalue weighted by molar-refractivity contribution is 5.76. The molecule has 1 aliphatic rings. The topological polar surface area (TPSA) is 67.8 Å². The maximum atomic E-state index is 11.5. The van der Waals surface area contributed by atoms with E-state index in [4.69, 9.17) is 9.47 Å². The number of nitrogens with one attached hydrogen (secondary N) is 1. The molecule has 0 heterocycles. The molecule has 0 bridgehead atoms. The molecule has 0 saturated heterocycles. The first-order valence-corrected chi connectivity index (χ1v) is 6.86. The van der Waals surface area contributed by atoms with E-state index in [0.717, 1.165) is 25.7 Å². The van der Waals surface area contributed by atoms with Gasteiger partial charge in [0.25, 0.3) is 0 Å². The van der Waals surface area contributed by atoms with Crippen LogP contribution in [0, 0.1) is 0 Å². The Morgan fingerprint density at radius 2 is 1.90 bits per heavy atom. The summed E-state index contributed by atoms with van der Waals surface area (Å²) in [5, 5.41) is 12.7. The lowest BCUT2D eigenvalue weighted by molar-refractivity contribution is -0.139. The number of ether oxygens (including phenoxy) is 2. The molecule has 1 aromatic rings. The molecule has 1 fully saturated rings. The lowest BCUT2D eigenvalue weighted by Crippen LogP contribution is -2.35. The smallest absolute Gasteiger partial charge is 0.325 e. The number of carboxylic acid groups (broad SMARTS) is 1. The summed E-state index contributed by atoms with van der Waals surface area (Å²) < 4.78 is 10.4. The van der Waals surface area contributed by atoms with Crippen LogP contribution in [0.15, 0.2) is 18.2 Å². The first kappa shape index (κ1) is 14.7. The first-order chi connectivity index (χ1) is 9.65. The first-order valence-electron chi connectivity index (χ1n) is 6.86. The number of hydrogen-bond donors (Lipinski definition) is 2. The van der Waals surface area contributed by atoms with Crippen LogP contribution in [0.2, 0.25) is 0 Å². The Labute approximate surface area is 118 Å². The monoisotopic (exact) mass is 279 g/mol. The van der Waals surface area contributed by atoms with Crippen molar-refractivity contribution < 1.29 is 19.4 Å². The molecule has 0 aromatic heterocycles. The number of carbonyl (C=O) groups is 1. The zero-order chi connectivity index (χ0) is 14.5. The zero-order valence-electron chi connectivity index (χ0n) is 11.9. The van der Waals surface area contributed by atoms with Gasteiger partial charge in [-0.1, -0.05) is 18.9 Å². The molecule has 5 heteroatoms. The molecule has 2 rings (SSSR count). The third kappa shape index (κ3) is 3.22. The highest BCUT2D eigenvalue weighted by atomic mass is 16.5. The lowest BCUT2D eigenvalue weighted by Gasteiger charge is -2.20. The molecule has 1 aromatic carbocycles. The van der Waals surface area contributed by atoms with Crippen molar-refractivity contribution in [2.24, 2.45) is 0 Å². The Morgan fingerprint density at radius 3 is 2.45 bits per heavy atom. The third-order valence-corrected chi connectivity index (χ3v) is 3.75. The summed E-state index contributed by atoms with van der Waals surface area (Å²) in [5.41, 5.74) is 0.682. The number of hydrogen-bond acceptors (Lipinski definition) is 4. The third-order valence-electron chi connectivity index (χ3n) is 3.75. The van der Waals surface area contributed by atoms with Crippen LogP contribution in [0.5, 0.6) is 11.5 Å². The van der Waals surface area contributed by atoms with Crippen molar-refractivity contribution in [2.75, 3.05) is 14.2 Å². The summed E-state index contributed by atoms with van der Waals surface area (Å²) in [7, 11) is 3.10. The van der Waals surface area contributed by atoms with Crippen molar-refractivity contribution in [1.29, 1.82) is 0 Å². The van der Waals surface area contributed by atoms with Gasteiger partial charge < -0.3 is 14.6 Å². The van der Waals surface area contributed by atoms with E-state index >= 15 is 0 Å². The Kier molecular flexibility index (Phi) is 4.84. The minimum Gasteiger partial charge on any atom is -0.493 e. The molecule has 1 aliphatic carbocycles. The van der Waals surface area contributed by atoms with Crippen molar-refractivity contribution in [1.82, 2.24) is 5.32 Å². The molecule has 110 valence electrons. The van der Waals surface area contributed by atoms with Crippen molar-refractivity contribution in [3.05, 3.63) is 23.8 Å². The maximum absolute atomic E-state index is 11.5. The molecule has 0 radical (unpaired) electrons. The zero-order valence-corrected chi connectivity index (χ0v) is 11.9. The number of carboxylic acids is 1. The summed E-state index contributed by atoms with van der Waals surface area (Å²) >= 11 is 0. The summed E-state index contributed by atoms with van der Waals surface area (Å²) in [6, 6.07) is 4.80. The van der Waals surface area contributed by atoms with E-state index in [-0.39, 0.29) is 6.04 Å². The van der Waals surface area contributed by atoms with E-state index in [1.807, 2.05) is 0 Å². The minimum atomic E-state index is -0.871. The van der Waals surface area contributed by atoms with Gasteiger partial charge in [-0.05, 0) is 30.5 Å². The average molecular weight is 279 g/mol. The van der Waals surface area contributed by atoms with E-state index in [9.17, 15) is 9.90 Å². The van der Waals surface area contributed by atoms with Crippen LogP contribution < -0.4 is 14.8 Å². The minimum absolute atomic E-state index is 0.282. The van der Waals surface area contributed by atoms with E-state index < -0.39 is 12.0 Å². The Morgan fingerprint density at radius 1 is 1.25 bits per heavy atom. The second-order valence-electron chi connectivity index (χ2n) is 5.03. The van der Waals surface area contributed by atoms with Crippen LogP contribution in [0.4, 0.5) is 0 Å². The van der Waals surface area contributed by atoms with Gasteiger partial charge in [-0.3, -0.25) is 10.1 Å². The number of rotatable bonds is 6. The molecule has 20 heavy (non-hydrogen) atoms. The quantitative estimate of drug-likeness (QED) is 0.836. The Hall–Kier alpha value is -1.75. The fourth-order valence-corrected chi connectivity index (χ4v) is 2.67. The summed E-state index contributed by atoms with van der Waals surface area (Å²) in [5.74, 6) is 0.273. The normalized spacial score (nSPS) is 16.9. The molecule has 1 unspecified atom stereocenters. The van der Waals surface area contributed by atoms with Crippen molar-refractivity contribution in [3.8, 4) is 11.5 Å². The molecule has 0 aliphatic heterocycles. The number of benzene rings is 1. The molecule has 1 saturated carbocycles. The molecule has 5 nitrogen and oxygen atoms in total. The molecule has 0 spiro atoms. The Bertz CT molecular complexity index is 469. The van der Waals surface area contributed by atoms with Crippen molar-refractivity contribution in [3.63, 3.8) is 0 Å². The van der Waals surface area contributed by atoms with Gasteiger partial charge in [0.05, 0.1) is 14.2 Å². The van der Waals surface area contributed by atoms with Crippen LogP contribution in [0.25, 0.3) is 0 Å². The second kappa shape index (κ2) is 6.61. The maximum Gasteiger partial charge on any atom is 0.325 e. The summed E-state index contributed by atoms with van der Waals surface area (Å²) in [4.78, 5) is 11.5. The highest BCUT2D eigenvalue weighted by Gasteiger charge is 2.26.